The minimum Gasteiger partial charge on any atom is -0.478 e. The van der Waals surface area contributed by atoms with Crippen LogP contribution >= 0.6 is 0 Å². The Morgan fingerprint density at radius 1 is 1.29 bits per heavy atom. The average molecular weight is 233 g/mol. The number of hydrogen-bond acceptors (Lipinski definition) is 5. The Kier molecular flexibility index (Phi) is 2.82. The van der Waals surface area contributed by atoms with Gasteiger partial charge in [0.05, 0.1) is 11.1 Å². The van der Waals surface area contributed by atoms with E-state index in [4.69, 9.17) is 9.84 Å². The molecule has 0 aliphatic carbocycles. The second kappa shape index (κ2) is 4.44. The third kappa shape index (κ3) is 2.46. The van der Waals surface area contributed by atoms with Crippen LogP contribution in [0.4, 0.5) is 0 Å². The van der Waals surface area contributed by atoms with E-state index in [9.17, 15) is 9.59 Å². The van der Waals surface area contributed by atoms with E-state index in [1.54, 1.807) is 0 Å². The van der Waals surface area contributed by atoms with E-state index in [-0.39, 0.29) is 17.1 Å². The molecule has 0 saturated carbocycles. The zero-order valence-electron chi connectivity index (χ0n) is 8.45. The first-order chi connectivity index (χ1) is 8.16. The topological polar surface area (TPSA) is 105 Å². The molecule has 1 heterocycles. The molecule has 7 heteroatoms. The van der Waals surface area contributed by atoms with E-state index >= 15 is 0 Å². The Morgan fingerprint density at radius 2 is 2.06 bits per heavy atom. The largest absolute Gasteiger partial charge is 0.478 e. The number of aromatic carboxylic acids is 1. The SMILES string of the molecule is O=C(O)c1cccc(C(=O)Oc2ncn[nH]2)c1. The lowest BCUT2D eigenvalue weighted by atomic mass is 10.1. The smallest absolute Gasteiger partial charge is 0.345 e. The van der Waals surface area contributed by atoms with E-state index < -0.39 is 11.9 Å². The van der Waals surface area contributed by atoms with Crippen LogP contribution in [0.5, 0.6) is 6.01 Å². The van der Waals surface area contributed by atoms with E-state index in [1.165, 1.54) is 30.6 Å². The number of rotatable bonds is 3. The molecule has 2 aromatic rings. The number of nitrogens with one attached hydrogen (secondary N) is 1. The Labute approximate surface area is 95.1 Å². The van der Waals surface area contributed by atoms with Crippen LogP contribution in [0.3, 0.4) is 0 Å². The molecule has 0 radical (unpaired) electrons. The molecule has 0 aliphatic rings. The van der Waals surface area contributed by atoms with Crippen molar-refractivity contribution in [1.82, 2.24) is 15.2 Å². The molecular formula is C10H7N3O4. The number of ether oxygens (including phenoxy) is 1. The summed E-state index contributed by atoms with van der Waals surface area (Å²) in [6, 6.07) is 5.47. The van der Waals surface area contributed by atoms with Gasteiger partial charge in [-0.2, -0.15) is 10.1 Å². The Morgan fingerprint density at radius 3 is 2.71 bits per heavy atom. The number of benzene rings is 1. The van der Waals surface area contributed by atoms with Gasteiger partial charge in [-0.3, -0.25) is 0 Å². The first-order valence-electron chi connectivity index (χ1n) is 4.58. The van der Waals surface area contributed by atoms with Gasteiger partial charge in [0.1, 0.15) is 6.33 Å². The highest BCUT2D eigenvalue weighted by molar-refractivity contribution is 5.95. The van der Waals surface area contributed by atoms with Crippen molar-refractivity contribution in [2.45, 2.75) is 0 Å². The molecular weight excluding hydrogens is 226 g/mol. The van der Waals surface area contributed by atoms with Crippen LogP contribution in [0.1, 0.15) is 20.7 Å². The van der Waals surface area contributed by atoms with Gasteiger partial charge in [-0.25, -0.2) is 14.7 Å². The maximum Gasteiger partial charge on any atom is 0.345 e. The molecule has 7 nitrogen and oxygen atoms in total. The van der Waals surface area contributed by atoms with Crippen molar-refractivity contribution in [2.24, 2.45) is 0 Å². The zero-order chi connectivity index (χ0) is 12.3. The maximum absolute atomic E-state index is 11.6. The second-order valence-electron chi connectivity index (χ2n) is 3.07. The lowest BCUT2D eigenvalue weighted by Crippen LogP contribution is -2.10. The number of esters is 1. The molecule has 0 fully saturated rings. The molecule has 86 valence electrons. The van der Waals surface area contributed by atoms with Crippen molar-refractivity contribution in [3.63, 3.8) is 0 Å². The van der Waals surface area contributed by atoms with Gasteiger partial charge in [-0.05, 0) is 18.2 Å². The summed E-state index contributed by atoms with van der Waals surface area (Å²) in [6.07, 6.45) is 1.19. The third-order valence-corrected chi connectivity index (χ3v) is 1.93. The number of hydrogen-bond donors (Lipinski definition) is 2. The molecule has 2 rings (SSSR count). The maximum atomic E-state index is 11.6. The molecule has 17 heavy (non-hydrogen) atoms. The zero-order valence-corrected chi connectivity index (χ0v) is 8.45. The highest BCUT2D eigenvalue weighted by atomic mass is 16.5. The molecule has 0 amide bonds. The second-order valence-corrected chi connectivity index (χ2v) is 3.07. The van der Waals surface area contributed by atoms with Crippen LogP contribution in [0.15, 0.2) is 30.6 Å². The fraction of sp³-hybridized carbons (Fsp3) is 0. The first-order valence-corrected chi connectivity index (χ1v) is 4.58. The fourth-order valence-corrected chi connectivity index (χ4v) is 1.17. The van der Waals surface area contributed by atoms with Gasteiger partial charge in [0.25, 0.3) is 0 Å². The van der Waals surface area contributed by atoms with Gasteiger partial charge >= 0.3 is 17.9 Å². The number of aromatic nitrogens is 3. The molecule has 0 spiro atoms. The van der Waals surface area contributed by atoms with E-state index in [0.29, 0.717) is 0 Å². The third-order valence-electron chi connectivity index (χ3n) is 1.93. The van der Waals surface area contributed by atoms with Crippen molar-refractivity contribution in [3.8, 4) is 6.01 Å². The number of carbonyl (C=O) groups is 2. The van der Waals surface area contributed by atoms with E-state index in [0.717, 1.165) is 0 Å². The number of carboxylic acid groups (broad SMARTS) is 1. The molecule has 2 N–H and O–H groups in total. The Bertz CT molecular complexity index is 550. The summed E-state index contributed by atoms with van der Waals surface area (Å²) in [5, 5.41) is 14.6. The van der Waals surface area contributed by atoms with Crippen molar-refractivity contribution in [2.75, 3.05) is 0 Å². The standard InChI is InChI=1S/C10H7N3O4/c14-8(15)6-2-1-3-7(4-6)9(16)17-10-11-5-12-13-10/h1-5H,(H,14,15)(H,11,12,13). The number of aromatic amines is 1. The summed E-state index contributed by atoms with van der Waals surface area (Å²) in [4.78, 5) is 25.9. The summed E-state index contributed by atoms with van der Waals surface area (Å²) in [6.45, 7) is 0. The quantitative estimate of drug-likeness (QED) is 0.757. The van der Waals surface area contributed by atoms with Gasteiger partial charge in [-0.1, -0.05) is 6.07 Å². The summed E-state index contributed by atoms with van der Waals surface area (Å²) < 4.78 is 4.81. The number of nitrogens with zero attached hydrogens (tertiary/aromatic N) is 2. The first kappa shape index (κ1) is 10.8. The summed E-state index contributed by atoms with van der Waals surface area (Å²) in [5.74, 6) is -1.82. The average Bonchev–Trinajstić information content (AvgIpc) is 2.82. The fourth-order valence-electron chi connectivity index (χ4n) is 1.17. The van der Waals surface area contributed by atoms with Crippen molar-refractivity contribution >= 4 is 11.9 Å². The highest BCUT2D eigenvalue weighted by Gasteiger charge is 2.12. The summed E-state index contributed by atoms with van der Waals surface area (Å²) in [7, 11) is 0. The Balaban J connectivity index is 2.19. The Hall–Kier alpha value is -2.70. The molecule has 0 bridgehead atoms. The molecule has 0 aliphatic heterocycles. The van der Waals surface area contributed by atoms with Gasteiger partial charge < -0.3 is 9.84 Å². The lowest BCUT2D eigenvalue weighted by Gasteiger charge is -2.01. The van der Waals surface area contributed by atoms with Gasteiger partial charge in [0.2, 0.25) is 0 Å². The predicted octanol–water partition coefficient (Wildman–Crippen LogP) is 0.722. The molecule has 1 aromatic carbocycles. The van der Waals surface area contributed by atoms with Crippen LogP contribution in [-0.2, 0) is 0 Å². The summed E-state index contributed by atoms with van der Waals surface area (Å²) >= 11 is 0. The molecule has 0 saturated heterocycles. The van der Waals surface area contributed by atoms with Crippen LogP contribution in [-0.4, -0.2) is 32.2 Å². The molecule has 0 unspecified atom stereocenters. The van der Waals surface area contributed by atoms with Crippen molar-refractivity contribution < 1.29 is 19.4 Å². The summed E-state index contributed by atoms with van der Waals surface area (Å²) in [5.41, 5.74) is 0.137. The highest BCUT2D eigenvalue weighted by Crippen LogP contribution is 2.08. The van der Waals surface area contributed by atoms with E-state index in [1.807, 2.05) is 0 Å². The predicted molar refractivity (Wildman–Crippen MR) is 54.7 cm³/mol. The van der Waals surface area contributed by atoms with Crippen LogP contribution in [0.25, 0.3) is 0 Å². The number of H-pyrrole nitrogens is 1. The van der Waals surface area contributed by atoms with Gasteiger partial charge in [0.15, 0.2) is 0 Å². The minimum atomic E-state index is -1.11. The van der Waals surface area contributed by atoms with Crippen LogP contribution < -0.4 is 4.74 Å². The number of carboxylic acids is 1. The van der Waals surface area contributed by atoms with Crippen LogP contribution in [0.2, 0.25) is 0 Å². The monoisotopic (exact) mass is 233 g/mol. The lowest BCUT2D eigenvalue weighted by molar-refractivity contribution is 0.0697. The molecule has 1 aromatic heterocycles. The minimum absolute atomic E-state index is 0.0111. The van der Waals surface area contributed by atoms with E-state index in [2.05, 4.69) is 15.2 Å². The van der Waals surface area contributed by atoms with Crippen molar-refractivity contribution in [1.29, 1.82) is 0 Å². The number of carbonyl (C=O) groups excluding carboxylic acids is 1. The van der Waals surface area contributed by atoms with Gasteiger partial charge in [0, 0.05) is 0 Å². The van der Waals surface area contributed by atoms with Gasteiger partial charge in [-0.15, -0.1) is 0 Å². The molecule has 0 atom stereocenters. The van der Waals surface area contributed by atoms with Crippen molar-refractivity contribution in [3.05, 3.63) is 41.7 Å². The van der Waals surface area contributed by atoms with Crippen LogP contribution in [0, 0.1) is 0 Å². The normalized spacial score (nSPS) is 9.88.